The molecule has 0 aromatic heterocycles. The van der Waals surface area contributed by atoms with Crippen LogP contribution in [0.15, 0.2) is 42.5 Å². The second-order valence-electron chi connectivity index (χ2n) is 8.14. The van der Waals surface area contributed by atoms with Gasteiger partial charge in [-0.2, -0.15) is 13.2 Å². The van der Waals surface area contributed by atoms with Crippen molar-refractivity contribution in [3.05, 3.63) is 64.7 Å². The molecular weight excluding hydrogens is 379 g/mol. The Bertz CT molecular complexity index is 827. The summed E-state index contributed by atoms with van der Waals surface area (Å²) in [5.41, 5.74) is 1.54. The van der Waals surface area contributed by atoms with Crippen LogP contribution in [0, 0.1) is 19.3 Å². The van der Waals surface area contributed by atoms with Crippen LogP contribution in [0.25, 0.3) is 0 Å². The first-order valence-electron chi connectivity index (χ1n) is 9.63. The van der Waals surface area contributed by atoms with E-state index in [-0.39, 0.29) is 16.9 Å². The van der Waals surface area contributed by atoms with Crippen LogP contribution in [0.4, 0.5) is 13.2 Å². The fourth-order valence-electron chi connectivity index (χ4n) is 2.92. The van der Waals surface area contributed by atoms with Gasteiger partial charge in [0.1, 0.15) is 5.75 Å². The molecule has 0 aliphatic carbocycles. The molecule has 0 heterocycles. The van der Waals surface area contributed by atoms with E-state index in [2.05, 4.69) is 5.32 Å². The van der Waals surface area contributed by atoms with Crippen LogP contribution in [0.1, 0.15) is 53.7 Å². The zero-order valence-corrected chi connectivity index (χ0v) is 17.3. The highest BCUT2D eigenvalue weighted by Crippen LogP contribution is 2.29. The van der Waals surface area contributed by atoms with Gasteiger partial charge in [0.15, 0.2) is 0 Å². The minimum absolute atomic E-state index is 0.160. The maximum Gasteiger partial charge on any atom is 0.416 e. The minimum atomic E-state index is -4.41. The van der Waals surface area contributed by atoms with Gasteiger partial charge in [-0.25, -0.2) is 0 Å². The summed E-state index contributed by atoms with van der Waals surface area (Å²) in [7, 11) is 0. The summed E-state index contributed by atoms with van der Waals surface area (Å²) in [5.74, 6) is 0.511. The Hall–Kier alpha value is -2.50. The SMILES string of the molecule is Cc1ccc(C)c(OCCCC(C)(C)CNC(=O)c2ccc(C(F)(F)F)cc2)c1. The van der Waals surface area contributed by atoms with Gasteiger partial charge >= 0.3 is 6.18 Å². The molecule has 0 radical (unpaired) electrons. The Labute approximate surface area is 170 Å². The van der Waals surface area contributed by atoms with E-state index in [1.165, 1.54) is 12.1 Å². The largest absolute Gasteiger partial charge is 0.493 e. The molecule has 6 heteroatoms. The number of nitrogens with one attached hydrogen (secondary N) is 1. The molecule has 2 aromatic carbocycles. The predicted molar refractivity (Wildman–Crippen MR) is 108 cm³/mol. The molecule has 1 N–H and O–H groups in total. The first kappa shape index (κ1) is 22.8. The molecule has 1 amide bonds. The van der Waals surface area contributed by atoms with Crippen molar-refractivity contribution in [3.8, 4) is 5.75 Å². The first-order valence-corrected chi connectivity index (χ1v) is 9.63. The number of hydrogen-bond acceptors (Lipinski definition) is 2. The molecule has 0 unspecified atom stereocenters. The molecule has 0 atom stereocenters. The van der Waals surface area contributed by atoms with Gasteiger partial charge in [-0.05, 0) is 73.6 Å². The number of carbonyl (C=O) groups excluding carboxylic acids is 1. The van der Waals surface area contributed by atoms with Crippen LogP contribution in [0.3, 0.4) is 0 Å². The molecule has 0 aliphatic rings. The molecule has 0 bridgehead atoms. The second-order valence-corrected chi connectivity index (χ2v) is 8.14. The van der Waals surface area contributed by atoms with Crippen LogP contribution >= 0.6 is 0 Å². The number of alkyl halides is 3. The molecule has 0 saturated heterocycles. The number of ether oxygens (including phenoxy) is 1. The lowest BCUT2D eigenvalue weighted by Gasteiger charge is -2.25. The quantitative estimate of drug-likeness (QED) is 0.550. The average Bonchev–Trinajstić information content (AvgIpc) is 2.65. The van der Waals surface area contributed by atoms with Crippen molar-refractivity contribution in [2.75, 3.05) is 13.2 Å². The van der Waals surface area contributed by atoms with Crippen molar-refractivity contribution >= 4 is 5.91 Å². The van der Waals surface area contributed by atoms with E-state index in [0.29, 0.717) is 13.2 Å². The van der Waals surface area contributed by atoms with E-state index in [0.717, 1.165) is 41.9 Å². The van der Waals surface area contributed by atoms with Crippen LogP contribution in [0.5, 0.6) is 5.75 Å². The van der Waals surface area contributed by atoms with E-state index in [1.807, 2.05) is 45.9 Å². The fraction of sp³-hybridized carbons (Fsp3) is 0.435. The summed E-state index contributed by atoms with van der Waals surface area (Å²) >= 11 is 0. The van der Waals surface area contributed by atoms with Crippen molar-refractivity contribution in [1.82, 2.24) is 5.32 Å². The molecule has 29 heavy (non-hydrogen) atoms. The standard InChI is InChI=1S/C23H28F3NO2/c1-16-6-7-17(2)20(14-16)29-13-5-12-22(3,4)15-27-21(28)18-8-10-19(11-9-18)23(24,25)26/h6-11,14H,5,12-13,15H2,1-4H3,(H,27,28). The van der Waals surface area contributed by atoms with E-state index in [9.17, 15) is 18.0 Å². The lowest BCUT2D eigenvalue weighted by atomic mass is 9.88. The van der Waals surface area contributed by atoms with Crippen molar-refractivity contribution < 1.29 is 22.7 Å². The van der Waals surface area contributed by atoms with Crippen LogP contribution in [-0.4, -0.2) is 19.1 Å². The maximum absolute atomic E-state index is 12.6. The van der Waals surface area contributed by atoms with Gasteiger partial charge in [0.2, 0.25) is 0 Å². The third kappa shape index (κ3) is 7.11. The third-order valence-electron chi connectivity index (χ3n) is 4.80. The normalized spacial score (nSPS) is 12.0. The Kier molecular flexibility index (Phi) is 7.33. The molecule has 0 aliphatic heterocycles. The number of aryl methyl sites for hydroxylation is 2. The molecule has 0 fully saturated rings. The predicted octanol–water partition coefficient (Wildman–Crippen LogP) is 5.94. The topological polar surface area (TPSA) is 38.3 Å². The molecular formula is C23H28F3NO2. The number of halogens is 3. The number of hydrogen-bond donors (Lipinski definition) is 1. The summed E-state index contributed by atoms with van der Waals surface area (Å²) in [6.45, 7) is 9.12. The van der Waals surface area contributed by atoms with E-state index in [4.69, 9.17) is 4.74 Å². The first-order chi connectivity index (χ1) is 13.5. The van der Waals surface area contributed by atoms with E-state index < -0.39 is 11.7 Å². The van der Waals surface area contributed by atoms with Crippen LogP contribution in [0.2, 0.25) is 0 Å². The zero-order chi connectivity index (χ0) is 21.7. The molecule has 0 spiro atoms. The Morgan fingerprint density at radius 2 is 1.69 bits per heavy atom. The molecule has 2 aromatic rings. The van der Waals surface area contributed by atoms with Gasteiger partial charge < -0.3 is 10.1 Å². The highest BCUT2D eigenvalue weighted by Gasteiger charge is 2.30. The van der Waals surface area contributed by atoms with Gasteiger partial charge in [0.05, 0.1) is 12.2 Å². The van der Waals surface area contributed by atoms with Crippen molar-refractivity contribution in [2.45, 2.75) is 46.7 Å². The van der Waals surface area contributed by atoms with Crippen LogP contribution < -0.4 is 10.1 Å². The second kappa shape index (κ2) is 9.33. The lowest BCUT2D eigenvalue weighted by molar-refractivity contribution is -0.137. The van der Waals surface area contributed by atoms with E-state index >= 15 is 0 Å². The highest BCUT2D eigenvalue weighted by atomic mass is 19.4. The number of rotatable bonds is 8. The smallest absolute Gasteiger partial charge is 0.416 e. The van der Waals surface area contributed by atoms with Gasteiger partial charge in [-0.1, -0.05) is 26.0 Å². The minimum Gasteiger partial charge on any atom is -0.493 e. The molecule has 3 nitrogen and oxygen atoms in total. The fourth-order valence-corrected chi connectivity index (χ4v) is 2.92. The zero-order valence-electron chi connectivity index (χ0n) is 17.3. The average molecular weight is 407 g/mol. The Balaban J connectivity index is 1.78. The summed E-state index contributed by atoms with van der Waals surface area (Å²) in [6.07, 6.45) is -2.74. The maximum atomic E-state index is 12.6. The van der Waals surface area contributed by atoms with Crippen molar-refractivity contribution in [3.63, 3.8) is 0 Å². The lowest BCUT2D eigenvalue weighted by Crippen LogP contribution is -2.34. The molecule has 158 valence electrons. The van der Waals surface area contributed by atoms with Crippen molar-refractivity contribution in [2.24, 2.45) is 5.41 Å². The highest BCUT2D eigenvalue weighted by molar-refractivity contribution is 5.94. The summed E-state index contributed by atoms with van der Waals surface area (Å²) in [5, 5.41) is 2.81. The summed E-state index contributed by atoms with van der Waals surface area (Å²) in [6, 6.07) is 10.3. The van der Waals surface area contributed by atoms with Gasteiger partial charge in [-0.15, -0.1) is 0 Å². The molecule has 0 saturated carbocycles. The Morgan fingerprint density at radius 1 is 1.03 bits per heavy atom. The van der Waals surface area contributed by atoms with Gasteiger partial charge in [0, 0.05) is 12.1 Å². The van der Waals surface area contributed by atoms with Gasteiger partial charge in [-0.3, -0.25) is 4.79 Å². The summed E-state index contributed by atoms with van der Waals surface area (Å²) < 4.78 is 43.7. The number of benzene rings is 2. The monoisotopic (exact) mass is 407 g/mol. The molecule has 2 rings (SSSR count). The summed E-state index contributed by atoms with van der Waals surface area (Å²) in [4.78, 5) is 12.2. The number of amides is 1. The van der Waals surface area contributed by atoms with Crippen molar-refractivity contribution in [1.29, 1.82) is 0 Å². The number of carbonyl (C=O) groups is 1. The Morgan fingerprint density at radius 3 is 2.31 bits per heavy atom. The van der Waals surface area contributed by atoms with Crippen LogP contribution in [-0.2, 0) is 6.18 Å². The van der Waals surface area contributed by atoms with Gasteiger partial charge in [0.25, 0.3) is 5.91 Å². The van der Waals surface area contributed by atoms with E-state index in [1.54, 1.807) is 0 Å². The third-order valence-corrected chi connectivity index (χ3v) is 4.80.